The Morgan fingerprint density at radius 3 is 2.81 bits per heavy atom. The molecule has 1 aliphatic rings. The van der Waals surface area contributed by atoms with Gasteiger partial charge in [-0.1, -0.05) is 25.1 Å². The van der Waals surface area contributed by atoms with Gasteiger partial charge in [-0.3, -0.25) is 0 Å². The second kappa shape index (κ2) is 8.31. The molecule has 140 valence electrons. The number of urea groups is 1. The van der Waals surface area contributed by atoms with Gasteiger partial charge in [0, 0.05) is 37.3 Å². The van der Waals surface area contributed by atoms with E-state index in [1.54, 1.807) is 0 Å². The zero-order chi connectivity index (χ0) is 18.5. The van der Waals surface area contributed by atoms with Gasteiger partial charge in [-0.25, -0.2) is 4.79 Å². The van der Waals surface area contributed by atoms with E-state index in [2.05, 4.69) is 27.3 Å². The van der Waals surface area contributed by atoms with Gasteiger partial charge in [0.2, 0.25) is 0 Å². The predicted octanol–water partition coefficient (Wildman–Crippen LogP) is 3.17. The number of amides is 2. The molecular weight excluding hydrogens is 330 g/mol. The highest BCUT2D eigenvalue weighted by Gasteiger charge is 2.19. The Morgan fingerprint density at radius 1 is 1.23 bits per heavy atom. The van der Waals surface area contributed by atoms with Crippen LogP contribution in [-0.4, -0.2) is 58.7 Å². The summed E-state index contributed by atoms with van der Waals surface area (Å²) >= 11 is 0. The monoisotopic (exact) mass is 357 g/mol. The molecule has 7 nitrogen and oxygen atoms in total. The number of benzene rings is 1. The Hall–Kier alpha value is -2.41. The molecule has 2 amide bonds. The first kappa shape index (κ1) is 18.4. The van der Waals surface area contributed by atoms with Crippen LogP contribution >= 0.6 is 0 Å². The molecule has 0 spiro atoms. The number of rotatable bonds is 4. The molecule has 3 rings (SSSR count). The lowest BCUT2D eigenvalue weighted by molar-refractivity contribution is 0.212. The molecule has 0 bridgehead atoms. The first-order valence-electron chi connectivity index (χ1n) is 9.32. The van der Waals surface area contributed by atoms with Crippen LogP contribution in [0.3, 0.4) is 0 Å². The summed E-state index contributed by atoms with van der Waals surface area (Å²) in [5.74, 6) is 1.15. The lowest BCUT2D eigenvalue weighted by Crippen LogP contribution is -2.38. The molecule has 1 fully saturated rings. The standard InChI is InChI=1S/C19H27N5O2/c1-4-17-21-18(26-22-17)15-8-7-14(3)16(13-15)20-19(25)24-10-6-9-23(5-2)11-12-24/h7-8,13H,4-6,9-12H2,1-3H3,(H,20,25). The molecule has 0 aliphatic carbocycles. The van der Waals surface area contributed by atoms with E-state index in [9.17, 15) is 4.79 Å². The number of anilines is 1. The fraction of sp³-hybridized carbons (Fsp3) is 0.526. The van der Waals surface area contributed by atoms with Crippen molar-refractivity contribution in [2.75, 3.05) is 38.0 Å². The molecule has 7 heteroatoms. The molecule has 0 unspecified atom stereocenters. The summed E-state index contributed by atoms with van der Waals surface area (Å²) in [7, 11) is 0. The van der Waals surface area contributed by atoms with Crippen molar-refractivity contribution in [1.29, 1.82) is 0 Å². The number of aryl methyl sites for hydroxylation is 2. The number of carbonyl (C=O) groups excluding carboxylic acids is 1. The van der Waals surface area contributed by atoms with Crippen LogP contribution in [0.2, 0.25) is 0 Å². The molecule has 26 heavy (non-hydrogen) atoms. The smallest absolute Gasteiger partial charge is 0.321 e. The van der Waals surface area contributed by atoms with Gasteiger partial charge in [-0.2, -0.15) is 4.98 Å². The number of carbonyl (C=O) groups is 1. The fourth-order valence-corrected chi connectivity index (χ4v) is 3.09. The minimum atomic E-state index is -0.0528. The summed E-state index contributed by atoms with van der Waals surface area (Å²) in [5.41, 5.74) is 2.59. The van der Waals surface area contributed by atoms with Gasteiger partial charge >= 0.3 is 6.03 Å². The second-order valence-corrected chi connectivity index (χ2v) is 6.60. The highest BCUT2D eigenvalue weighted by atomic mass is 16.5. The number of nitrogens with zero attached hydrogens (tertiary/aromatic N) is 4. The lowest BCUT2D eigenvalue weighted by atomic mass is 10.1. The SMILES string of the molecule is CCc1noc(-c2ccc(C)c(NC(=O)N3CCCN(CC)CC3)c2)n1. The minimum absolute atomic E-state index is 0.0528. The highest BCUT2D eigenvalue weighted by molar-refractivity contribution is 5.91. The summed E-state index contributed by atoms with van der Waals surface area (Å²) in [6.45, 7) is 10.7. The molecule has 1 aromatic heterocycles. The van der Waals surface area contributed by atoms with Crippen molar-refractivity contribution in [3.63, 3.8) is 0 Å². The van der Waals surface area contributed by atoms with E-state index in [-0.39, 0.29) is 6.03 Å². The molecule has 0 saturated carbocycles. The summed E-state index contributed by atoms with van der Waals surface area (Å²) < 4.78 is 5.31. The third-order valence-corrected chi connectivity index (χ3v) is 4.83. The summed E-state index contributed by atoms with van der Waals surface area (Å²) in [6.07, 6.45) is 1.73. The van der Waals surface area contributed by atoms with Gasteiger partial charge in [0.15, 0.2) is 5.82 Å². The van der Waals surface area contributed by atoms with E-state index in [0.29, 0.717) is 11.7 Å². The van der Waals surface area contributed by atoms with Gasteiger partial charge in [-0.05, 0) is 44.1 Å². The Balaban J connectivity index is 1.72. The molecule has 1 saturated heterocycles. The largest absolute Gasteiger partial charge is 0.334 e. The predicted molar refractivity (Wildman–Crippen MR) is 101 cm³/mol. The van der Waals surface area contributed by atoms with Crippen LogP contribution in [0.5, 0.6) is 0 Å². The molecule has 2 aromatic rings. The van der Waals surface area contributed by atoms with E-state index >= 15 is 0 Å². The number of hydrogen-bond acceptors (Lipinski definition) is 5. The van der Waals surface area contributed by atoms with E-state index < -0.39 is 0 Å². The van der Waals surface area contributed by atoms with E-state index in [1.807, 2.05) is 36.9 Å². The van der Waals surface area contributed by atoms with Crippen LogP contribution in [-0.2, 0) is 6.42 Å². The maximum Gasteiger partial charge on any atom is 0.321 e. The van der Waals surface area contributed by atoms with Crippen molar-refractivity contribution < 1.29 is 9.32 Å². The first-order valence-corrected chi connectivity index (χ1v) is 9.32. The summed E-state index contributed by atoms with van der Waals surface area (Å²) in [6, 6.07) is 5.74. The van der Waals surface area contributed by atoms with Gasteiger partial charge < -0.3 is 19.6 Å². The number of nitrogens with one attached hydrogen (secondary N) is 1. The van der Waals surface area contributed by atoms with E-state index in [0.717, 1.165) is 62.4 Å². The maximum absolute atomic E-state index is 12.7. The van der Waals surface area contributed by atoms with Crippen molar-refractivity contribution in [2.24, 2.45) is 0 Å². The average Bonchev–Trinajstić information content (AvgIpc) is 3.00. The molecule has 1 aliphatic heterocycles. The Morgan fingerprint density at radius 2 is 2.08 bits per heavy atom. The molecule has 0 radical (unpaired) electrons. The zero-order valence-corrected chi connectivity index (χ0v) is 15.8. The number of hydrogen-bond donors (Lipinski definition) is 1. The molecule has 1 N–H and O–H groups in total. The molecule has 2 heterocycles. The summed E-state index contributed by atoms with van der Waals surface area (Å²) in [4.78, 5) is 21.3. The topological polar surface area (TPSA) is 74.5 Å². The van der Waals surface area contributed by atoms with Crippen molar-refractivity contribution in [1.82, 2.24) is 19.9 Å². The van der Waals surface area contributed by atoms with Gasteiger partial charge in [0.1, 0.15) is 0 Å². The third kappa shape index (κ3) is 4.22. The zero-order valence-electron chi connectivity index (χ0n) is 15.8. The van der Waals surface area contributed by atoms with Crippen LogP contribution in [0.25, 0.3) is 11.5 Å². The first-order chi connectivity index (χ1) is 12.6. The minimum Gasteiger partial charge on any atom is -0.334 e. The average molecular weight is 357 g/mol. The number of likely N-dealkylation sites (N-methyl/N-ethyl adjacent to an activating group) is 1. The van der Waals surface area contributed by atoms with E-state index in [4.69, 9.17) is 4.52 Å². The van der Waals surface area contributed by atoms with Crippen molar-refractivity contribution >= 4 is 11.7 Å². The van der Waals surface area contributed by atoms with Gasteiger partial charge in [0.25, 0.3) is 5.89 Å². The Labute approximate surface area is 154 Å². The quantitative estimate of drug-likeness (QED) is 0.910. The summed E-state index contributed by atoms with van der Waals surface area (Å²) in [5, 5.41) is 6.99. The normalized spacial score (nSPS) is 15.7. The van der Waals surface area contributed by atoms with Gasteiger partial charge in [0.05, 0.1) is 0 Å². The molecule has 0 atom stereocenters. The van der Waals surface area contributed by atoms with E-state index in [1.165, 1.54) is 0 Å². The maximum atomic E-state index is 12.7. The van der Waals surface area contributed by atoms with Crippen LogP contribution in [0.15, 0.2) is 22.7 Å². The van der Waals surface area contributed by atoms with Crippen LogP contribution in [0.1, 0.15) is 31.7 Å². The Kier molecular flexibility index (Phi) is 5.88. The third-order valence-electron chi connectivity index (χ3n) is 4.83. The highest BCUT2D eigenvalue weighted by Crippen LogP contribution is 2.25. The van der Waals surface area contributed by atoms with Crippen molar-refractivity contribution in [2.45, 2.75) is 33.6 Å². The fourth-order valence-electron chi connectivity index (χ4n) is 3.09. The van der Waals surface area contributed by atoms with Crippen molar-refractivity contribution in [3.05, 3.63) is 29.6 Å². The molecule has 1 aromatic carbocycles. The second-order valence-electron chi connectivity index (χ2n) is 6.60. The van der Waals surface area contributed by atoms with Gasteiger partial charge in [-0.15, -0.1) is 0 Å². The van der Waals surface area contributed by atoms with Crippen LogP contribution in [0, 0.1) is 6.92 Å². The molecular formula is C19H27N5O2. The van der Waals surface area contributed by atoms with Crippen LogP contribution < -0.4 is 5.32 Å². The van der Waals surface area contributed by atoms with Crippen LogP contribution in [0.4, 0.5) is 10.5 Å². The number of aromatic nitrogens is 2. The van der Waals surface area contributed by atoms with Crippen molar-refractivity contribution in [3.8, 4) is 11.5 Å². The lowest BCUT2D eigenvalue weighted by Gasteiger charge is -2.22. The Bertz CT molecular complexity index is 758.